The molecule has 3 rings (SSSR count). The molecule has 0 spiro atoms. The van der Waals surface area contributed by atoms with E-state index in [9.17, 15) is 9.59 Å². The van der Waals surface area contributed by atoms with E-state index in [2.05, 4.69) is 19.9 Å². The fraction of sp³-hybridized carbons (Fsp3) is 0.429. The number of aromatic nitrogens is 7. The third-order valence-electron chi connectivity index (χ3n) is 4.02. The lowest BCUT2D eigenvalue weighted by Crippen LogP contribution is -2.37. The maximum Gasteiger partial charge on any atom is 0.332 e. The molecule has 0 fully saturated rings. The zero-order chi connectivity index (χ0) is 18.5. The van der Waals surface area contributed by atoms with E-state index >= 15 is 0 Å². The normalized spacial score (nSPS) is 12.5. The van der Waals surface area contributed by atoms with Crippen LogP contribution in [0.4, 0.5) is 11.9 Å². The van der Waals surface area contributed by atoms with Gasteiger partial charge in [-0.3, -0.25) is 13.9 Å². The van der Waals surface area contributed by atoms with E-state index in [0.29, 0.717) is 22.9 Å². The Hall–Kier alpha value is -3.24. The third-order valence-corrected chi connectivity index (χ3v) is 4.02. The van der Waals surface area contributed by atoms with Gasteiger partial charge in [-0.1, -0.05) is 0 Å². The van der Waals surface area contributed by atoms with E-state index < -0.39 is 17.3 Å². The average molecular weight is 345 g/mol. The lowest BCUT2D eigenvalue weighted by Gasteiger charge is -2.16. The van der Waals surface area contributed by atoms with Gasteiger partial charge in [-0.2, -0.15) is 15.0 Å². The Bertz CT molecular complexity index is 1080. The molecule has 0 aliphatic rings. The Balaban J connectivity index is 2.24. The van der Waals surface area contributed by atoms with Gasteiger partial charge < -0.3 is 15.2 Å². The summed E-state index contributed by atoms with van der Waals surface area (Å²) < 4.78 is 4.00. The van der Waals surface area contributed by atoms with Crippen molar-refractivity contribution in [3.05, 3.63) is 33.0 Å². The SMILES string of the molecule is C[C@H](c1nc(N)nc(N(C)C)n1)n1cnc2c1c(=O)n(C)c(=O)n2C. The van der Waals surface area contributed by atoms with Crippen LogP contribution >= 0.6 is 0 Å². The van der Waals surface area contributed by atoms with Crippen LogP contribution in [0.1, 0.15) is 18.8 Å². The Kier molecular flexibility index (Phi) is 3.78. The first-order valence-electron chi connectivity index (χ1n) is 7.53. The summed E-state index contributed by atoms with van der Waals surface area (Å²) in [5.41, 5.74) is 5.50. The molecule has 3 aromatic heterocycles. The molecule has 132 valence electrons. The van der Waals surface area contributed by atoms with Crippen molar-refractivity contribution in [3.8, 4) is 0 Å². The van der Waals surface area contributed by atoms with Crippen LogP contribution in [-0.4, -0.2) is 47.7 Å². The molecular formula is C14H19N9O2. The molecule has 1 atom stereocenters. The molecular weight excluding hydrogens is 326 g/mol. The zero-order valence-electron chi connectivity index (χ0n) is 14.6. The van der Waals surface area contributed by atoms with Gasteiger partial charge in [0.15, 0.2) is 17.0 Å². The van der Waals surface area contributed by atoms with Crippen LogP contribution in [-0.2, 0) is 14.1 Å². The van der Waals surface area contributed by atoms with Crippen LogP contribution in [0.25, 0.3) is 11.2 Å². The number of nitrogen functional groups attached to an aromatic ring is 1. The molecule has 0 unspecified atom stereocenters. The van der Waals surface area contributed by atoms with Gasteiger partial charge in [0.2, 0.25) is 11.9 Å². The van der Waals surface area contributed by atoms with Crippen LogP contribution < -0.4 is 21.9 Å². The lowest BCUT2D eigenvalue weighted by molar-refractivity contribution is 0.605. The van der Waals surface area contributed by atoms with Crippen LogP contribution in [0.5, 0.6) is 0 Å². The largest absolute Gasteiger partial charge is 0.368 e. The molecule has 3 heterocycles. The smallest absolute Gasteiger partial charge is 0.332 e. The minimum absolute atomic E-state index is 0.0882. The van der Waals surface area contributed by atoms with Crippen molar-refractivity contribution < 1.29 is 0 Å². The van der Waals surface area contributed by atoms with E-state index in [1.165, 1.54) is 17.9 Å². The second kappa shape index (κ2) is 5.69. The highest BCUT2D eigenvalue weighted by Gasteiger charge is 2.21. The zero-order valence-corrected chi connectivity index (χ0v) is 14.6. The Morgan fingerprint density at radius 2 is 1.80 bits per heavy atom. The first-order chi connectivity index (χ1) is 11.7. The maximum absolute atomic E-state index is 12.6. The number of hydrogen-bond acceptors (Lipinski definition) is 8. The molecule has 0 aliphatic carbocycles. The lowest BCUT2D eigenvalue weighted by atomic mass is 10.3. The number of nitrogens with zero attached hydrogens (tertiary/aromatic N) is 8. The van der Waals surface area contributed by atoms with Gasteiger partial charge in [-0.25, -0.2) is 9.78 Å². The summed E-state index contributed by atoms with van der Waals surface area (Å²) in [5, 5.41) is 0. The fourth-order valence-electron chi connectivity index (χ4n) is 2.57. The number of fused-ring (bicyclic) bond motifs is 1. The average Bonchev–Trinajstić information content (AvgIpc) is 3.01. The molecule has 11 nitrogen and oxygen atoms in total. The van der Waals surface area contributed by atoms with Gasteiger partial charge in [0, 0.05) is 28.2 Å². The molecule has 0 saturated carbocycles. The first-order valence-corrected chi connectivity index (χ1v) is 7.53. The number of rotatable bonds is 3. The van der Waals surface area contributed by atoms with Gasteiger partial charge in [-0.15, -0.1) is 0 Å². The van der Waals surface area contributed by atoms with Crippen molar-refractivity contribution in [2.75, 3.05) is 24.7 Å². The molecule has 11 heteroatoms. The summed E-state index contributed by atoms with van der Waals surface area (Å²) in [6.07, 6.45) is 1.49. The van der Waals surface area contributed by atoms with Crippen molar-refractivity contribution in [1.82, 2.24) is 33.6 Å². The van der Waals surface area contributed by atoms with Gasteiger partial charge in [0.1, 0.15) is 0 Å². The van der Waals surface area contributed by atoms with E-state index in [0.717, 1.165) is 4.57 Å². The second-order valence-electron chi connectivity index (χ2n) is 5.95. The summed E-state index contributed by atoms with van der Waals surface area (Å²) in [7, 11) is 6.58. The van der Waals surface area contributed by atoms with Crippen molar-refractivity contribution in [3.63, 3.8) is 0 Å². The fourth-order valence-corrected chi connectivity index (χ4v) is 2.57. The Labute approximate surface area is 142 Å². The highest BCUT2D eigenvalue weighted by atomic mass is 16.2. The summed E-state index contributed by atoms with van der Waals surface area (Å²) in [4.78, 5) is 43.1. The van der Waals surface area contributed by atoms with Crippen molar-refractivity contribution in [2.45, 2.75) is 13.0 Å². The third kappa shape index (κ3) is 2.53. The molecule has 0 aromatic carbocycles. The molecule has 2 N–H and O–H groups in total. The van der Waals surface area contributed by atoms with E-state index in [1.807, 2.05) is 6.92 Å². The summed E-state index contributed by atoms with van der Waals surface area (Å²) in [5.74, 6) is 0.899. The van der Waals surface area contributed by atoms with Crippen LogP contribution in [0.2, 0.25) is 0 Å². The van der Waals surface area contributed by atoms with Crippen LogP contribution in [0, 0.1) is 0 Å². The maximum atomic E-state index is 12.6. The molecule has 3 aromatic rings. The highest BCUT2D eigenvalue weighted by Crippen LogP contribution is 2.20. The summed E-state index contributed by atoms with van der Waals surface area (Å²) >= 11 is 0. The Morgan fingerprint density at radius 3 is 2.44 bits per heavy atom. The summed E-state index contributed by atoms with van der Waals surface area (Å²) in [6.45, 7) is 1.82. The Morgan fingerprint density at radius 1 is 1.12 bits per heavy atom. The standard InChI is InChI=1S/C14H19N9O2/c1-7(9-17-12(15)19-13(18-9)20(2)3)23-6-16-10-8(23)11(24)22(5)14(25)21(10)4/h6-7H,1-5H3,(H2,15,17,18,19)/t7-/m1/s1. The van der Waals surface area contributed by atoms with Crippen molar-refractivity contribution in [1.29, 1.82) is 0 Å². The predicted octanol–water partition coefficient (Wildman–Crippen LogP) is -1.12. The van der Waals surface area contributed by atoms with Crippen LogP contribution in [0.3, 0.4) is 0 Å². The summed E-state index contributed by atoms with van der Waals surface area (Å²) in [6, 6.07) is -0.431. The molecule has 0 amide bonds. The van der Waals surface area contributed by atoms with Gasteiger partial charge in [0.05, 0.1) is 12.4 Å². The number of nitrogens with two attached hydrogens (primary N) is 1. The minimum atomic E-state index is -0.435. The van der Waals surface area contributed by atoms with E-state index in [1.54, 1.807) is 30.6 Å². The molecule has 25 heavy (non-hydrogen) atoms. The van der Waals surface area contributed by atoms with Gasteiger partial charge in [0.25, 0.3) is 5.56 Å². The number of imidazole rings is 1. The highest BCUT2D eigenvalue weighted by molar-refractivity contribution is 5.70. The molecule has 0 radical (unpaired) electrons. The number of aryl methyl sites for hydroxylation is 1. The monoisotopic (exact) mass is 345 g/mol. The van der Waals surface area contributed by atoms with Crippen molar-refractivity contribution in [2.24, 2.45) is 14.1 Å². The first kappa shape index (κ1) is 16.6. The molecule has 0 aliphatic heterocycles. The number of hydrogen-bond donors (Lipinski definition) is 1. The van der Waals surface area contributed by atoms with E-state index in [-0.39, 0.29) is 5.95 Å². The van der Waals surface area contributed by atoms with Gasteiger partial charge in [-0.05, 0) is 6.92 Å². The van der Waals surface area contributed by atoms with Gasteiger partial charge >= 0.3 is 5.69 Å². The van der Waals surface area contributed by atoms with Crippen molar-refractivity contribution >= 4 is 23.1 Å². The van der Waals surface area contributed by atoms with E-state index in [4.69, 9.17) is 5.73 Å². The topological polar surface area (TPSA) is 130 Å². The molecule has 0 bridgehead atoms. The second-order valence-corrected chi connectivity index (χ2v) is 5.95. The van der Waals surface area contributed by atoms with Crippen LogP contribution in [0.15, 0.2) is 15.9 Å². The predicted molar refractivity (Wildman–Crippen MR) is 92.6 cm³/mol. The quantitative estimate of drug-likeness (QED) is 0.631. The number of anilines is 2. The minimum Gasteiger partial charge on any atom is -0.368 e. The molecule has 0 saturated heterocycles.